The Morgan fingerprint density at radius 3 is 2.94 bits per heavy atom. The van der Waals surface area contributed by atoms with Crippen molar-refractivity contribution in [1.82, 2.24) is 14.7 Å². The first-order valence-corrected chi connectivity index (χ1v) is 7.61. The van der Waals surface area contributed by atoms with Gasteiger partial charge in [0.1, 0.15) is 0 Å². The van der Waals surface area contributed by atoms with Gasteiger partial charge in [-0.3, -0.25) is 4.68 Å². The SMILES string of the molecule is Cc1cc(C)n(CCCN(C)[C@H]2CCSC2)n1. The van der Waals surface area contributed by atoms with Gasteiger partial charge < -0.3 is 4.90 Å². The fourth-order valence-corrected chi connectivity index (χ4v) is 3.72. The van der Waals surface area contributed by atoms with Crippen molar-refractivity contribution >= 4 is 11.8 Å². The Balaban J connectivity index is 1.73. The van der Waals surface area contributed by atoms with Crippen molar-refractivity contribution in [2.45, 2.75) is 39.3 Å². The number of aromatic nitrogens is 2. The highest BCUT2D eigenvalue weighted by Crippen LogP contribution is 2.21. The van der Waals surface area contributed by atoms with Gasteiger partial charge in [-0.25, -0.2) is 0 Å². The summed E-state index contributed by atoms with van der Waals surface area (Å²) in [6.45, 7) is 6.43. The monoisotopic (exact) mass is 253 g/mol. The molecule has 96 valence electrons. The van der Waals surface area contributed by atoms with Gasteiger partial charge in [0.25, 0.3) is 0 Å². The van der Waals surface area contributed by atoms with E-state index in [1.807, 2.05) is 0 Å². The van der Waals surface area contributed by atoms with Gasteiger partial charge in [0.15, 0.2) is 0 Å². The predicted octanol–water partition coefficient (Wildman–Crippen LogP) is 2.33. The van der Waals surface area contributed by atoms with E-state index in [1.165, 1.54) is 36.6 Å². The van der Waals surface area contributed by atoms with Crippen LogP contribution in [-0.4, -0.2) is 45.8 Å². The van der Waals surface area contributed by atoms with Crippen molar-refractivity contribution in [1.29, 1.82) is 0 Å². The fraction of sp³-hybridized carbons (Fsp3) is 0.769. The van der Waals surface area contributed by atoms with E-state index in [0.717, 1.165) is 18.3 Å². The predicted molar refractivity (Wildman–Crippen MR) is 74.7 cm³/mol. The highest BCUT2D eigenvalue weighted by Gasteiger charge is 2.19. The van der Waals surface area contributed by atoms with Crippen LogP contribution in [0.3, 0.4) is 0 Å². The van der Waals surface area contributed by atoms with Crippen LogP contribution in [0.15, 0.2) is 6.07 Å². The van der Waals surface area contributed by atoms with Crippen LogP contribution >= 0.6 is 11.8 Å². The third-order valence-corrected chi connectivity index (χ3v) is 4.66. The Bertz CT molecular complexity index is 356. The maximum Gasteiger partial charge on any atom is 0.0596 e. The van der Waals surface area contributed by atoms with Crippen LogP contribution in [0.5, 0.6) is 0 Å². The maximum absolute atomic E-state index is 4.50. The molecule has 1 saturated heterocycles. The third-order valence-electron chi connectivity index (χ3n) is 3.51. The zero-order valence-corrected chi connectivity index (χ0v) is 12.0. The van der Waals surface area contributed by atoms with Crippen molar-refractivity contribution in [2.75, 3.05) is 25.1 Å². The molecule has 1 aliphatic heterocycles. The van der Waals surface area contributed by atoms with Crippen LogP contribution in [0.25, 0.3) is 0 Å². The van der Waals surface area contributed by atoms with E-state index in [2.05, 4.69) is 53.4 Å². The average Bonchev–Trinajstić information content (AvgIpc) is 2.89. The largest absolute Gasteiger partial charge is 0.302 e. The van der Waals surface area contributed by atoms with Crippen LogP contribution in [0.1, 0.15) is 24.2 Å². The topological polar surface area (TPSA) is 21.1 Å². The minimum Gasteiger partial charge on any atom is -0.302 e. The standard InChI is InChI=1S/C13H23N3S/c1-11-9-12(2)16(14-11)7-4-6-15(3)13-5-8-17-10-13/h9,13H,4-8,10H2,1-3H3/t13-/m0/s1. The maximum atomic E-state index is 4.50. The molecule has 1 atom stereocenters. The Labute approximate surface area is 109 Å². The second-order valence-electron chi connectivity index (χ2n) is 5.00. The van der Waals surface area contributed by atoms with Gasteiger partial charge in [-0.05, 0) is 52.1 Å². The molecule has 2 heterocycles. The van der Waals surface area contributed by atoms with Crippen LogP contribution in [-0.2, 0) is 6.54 Å². The van der Waals surface area contributed by atoms with Gasteiger partial charge in [0.2, 0.25) is 0 Å². The number of hydrogen-bond acceptors (Lipinski definition) is 3. The molecule has 1 aliphatic rings. The molecule has 17 heavy (non-hydrogen) atoms. The number of hydrogen-bond donors (Lipinski definition) is 0. The Kier molecular flexibility index (Phi) is 4.51. The minimum absolute atomic E-state index is 0.806. The minimum atomic E-state index is 0.806. The summed E-state index contributed by atoms with van der Waals surface area (Å²) in [4.78, 5) is 2.52. The molecule has 0 spiro atoms. The molecule has 1 aromatic rings. The zero-order chi connectivity index (χ0) is 12.3. The second kappa shape index (κ2) is 5.91. The zero-order valence-electron chi connectivity index (χ0n) is 11.1. The molecule has 0 saturated carbocycles. The normalized spacial score (nSPS) is 20.4. The lowest BCUT2D eigenvalue weighted by atomic mass is 10.2. The molecule has 1 fully saturated rings. The van der Waals surface area contributed by atoms with E-state index >= 15 is 0 Å². The molecular formula is C13H23N3S. The van der Waals surface area contributed by atoms with Gasteiger partial charge in [-0.15, -0.1) is 0 Å². The van der Waals surface area contributed by atoms with Gasteiger partial charge in [0, 0.05) is 24.0 Å². The second-order valence-corrected chi connectivity index (χ2v) is 6.15. The van der Waals surface area contributed by atoms with Crippen molar-refractivity contribution in [3.8, 4) is 0 Å². The van der Waals surface area contributed by atoms with Crippen molar-refractivity contribution in [3.63, 3.8) is 0 Å². The van der Waals surface area contributed by atoms with Gasteiger partial charge >= 0.3 is 0 Å². The molecule has 4 heteroatoms. The molecule has 0 radical (unpaired) electrons. The van der Waals surface area contributed by atoms with Gasteiger partial charge in [-0.1, -0.05) is 0 Å². The van der Waals surface area contributed by atoms with Crippen LogP contribution < -0.4 is 0 Å². The summed E-state index contributed by atoms with van der Waals surface area (Å²) < 4.78 is 2.13. The quantitative estimate of drug-likeness (QED) is 0.803. The molecule has 0 unspecified atom stereocenters. The lowest BCUT2D eigenvalue weighted by molar-refractivity contribution is 0.253. The van der Waals surface area contributed by atoms with Crippen molar-refractivity contribution < 1.29 is 0 Å². The van der Waals surface area contributed by atoms with E-state index in [-0.39, 0.29) is 0 Å². The summed E-state index contributed by atoms with van der Waals surface area (Å²) in [5.41, 5.74) is 2.41. The molecule has 3 nitrogen and oxygen atoms in total. The molecule has 0 N–H and O–H groups in total. The molecule has 0 aliphatic carbocycles. The number of rotatable bonds is 5. The first-order chi connectivity index (χ1) is 8.16. The van der Waals surface area contributed by atoms with E-state index < -0.39 is 0 Å². The van der Waals surface area contributed by atoms with E-state index in [1.54, 1.807) is 0 Å². The first-order valence-electron chi connectivity index (χ1n) is 6.46. The van der Waals surface area contributed by atoms with Crippen LogP contribution in [0.2, 0.25) is 0 Å². The lowest BCUT2D eigenvalue weighted by Crippen LogP contribution is -2.32. The highest BCUT2D eigenvalue weighted by molar-refractivity contribution is 7.99. The average molecular weight is 253 g/mol. The number of nitrogens with zero attached hydrogens (tertiary/aromatic N) is 3. The molecule has 0 bridgehead atoms. The third kappa shape index (κ3) is 3.49. The highest BCUT2D eigenvalue weighted by atomic mass is 32.2. The van der Waals surface area contributed by atoms with E-state index in [4.69, 9.17) is 0 Å². The van der Waals surface area contributed by atoms with E-state index in [9.17, 15) is 0 Å². The van der Waals surface area contributed by atoms with E-state index in [0.29, 0.717) is 0 Å². The molecular weight excluding hydrogens is 230 g/mol. The Hall–Kier alpha value is -0.480. The summed E-state index contributed by atoms with van der Waals surface area (Å²) in [7, 11) is 2.26. The molecule has 0 amide bonds. The molecule has 2 rings (SSSR count). The summed E-state index contributed by atoms with van der Waals surface area (Å²) in [6.07, 6.45) is 2.56. The van der Waals surface area contributed by atoms with Crippen LogP contribution in [0.4, 0.5) is 0 Å². The van der Waals surface area contributed by atoms with Gasteiger partial charge in [0.05, 0.1) is 5.69 Å². The van der Waals surface area contributed by atoms with Crippen molar-refractivity contribution in [3.05, 3.63) is 17.5 Å². The summed E-state index contributed by atoms with van der Waals surface area (Å²) in [5.74, 6) is 2.66. The summed E-state index contributed by atoms with van der Waals surface area (Å²) >= 11 is 2.09. The molecule has 0 aromatic carbocycles. The Morgan fingerprint density at radius 2 is 2.35 bits per heavy atom. The summed E-state index contributed by atoms with van der Waals surface area (Å²) in [6, 6.07) is 2.96. The van der Waals surface area contributed by atoms with Gasteiger partial charge in [-0.2, -0.15) is 16.9 Å². The Morgan fingerprint density at radius 1 is 1.53 bits per heavy atom. The van der Waals surface area contributed by atoms with Crippen molar-refractivity contribution in [2.24, 2.45) is 0 Å². The molecule has 1 aromatic heterocycles. The smallest absolute Gasteiger partial charge is 0.0596 e. The fourth-order valence-electron chi connectivity index (χ4n) is 2.42. The van der Waals surface area contributed by atoms with Crippen LogP contribution in [0, 0.1) is 13.8 Å². The first kappa shape index (κ1) is 13.0. The number of aryl methyl sites for hydroxylation is 3. The number of thioether (sulfide) groups is 1. The summed E-state index contributed by atoms with van der Waals surface area (Å²) in [5, 5.41) is 4.50. The lowest BCUT2D eigenvalue weighted by Gasteiger charge is -2.23.